The zero-order valence-electron chi connectivity index (χ0n) is 16.6. The molecule has 8 heteroatoms. The van der Waals surface area contributed by atoms with Gasteiger partial charge in [-0.05, 0) is 31.0 Å². The smallest absolute Gasteiger partial charge is 0.259 e. The summed E-state index contributed by atoms with van der Waals surface area (Å²) in [5.41, 5.74) is 2.84. The third-order valence-corrected chi connectivity index (χ3v) is 6.04. The minimum absolute atomic E-state index is 0. The fraction of sp³-hybridized carbons (Fsp3) is 0.500. The van der Waals surface area contributed by atoms with Gasteiger partial charge in [0.15, 0.2) is 0 Å². The van der Waals surface area contributed by atoms with Gasteiger partial charge in [0.1, 0.15) is 0 Å². The standard InChI is InChI=1S/C21H24N4O4.CH4/c1-12-5-18-16(6-15(12)21(27)24-8-13(9-24)10-28-2)19-17(20(26)23-18)7-22-25(19)14-3-4-29-11-14;/h5-7,13-14H,3-4,8-11H2,1-2H3,(H,23,26);1H4/t14-;/m0./s1. The van der Waals surface area contributed by atoms with Crippen LogP contribution in [0.1, 0.15) is 35.8 Å². The van der Waals surface area contributed by atoms with E-state index in [2.05, 4.69) is 10.1 Å². The lowest BCUT2D eigenvalue weighted by Gasteiger charge is -2.39. The van der Waals surface area contributed by atoms with Crippen LogP contribution in [0, 0.1) is 12.8 Å². The molecule has 30 heavy (non-hydrogen) atoms. The number of hydrogen-bond acceptors (Lipinski definition) is 5. The molecule has 2 aromatic heterocycles. The Hall–Kier alpha value is -2.71. The van der Waals surface area contributed by atoms with Crippen LogP contribution in [0.5, 0.6) is 0 Å². The molecule has 0 radical (unpaired) electrons. The SMILES string of the molecule is C.COCC1CN(C(=O)c2cc3c(cc2C)[nH]c(=O)c2cnn([C@H]4CCOC4)c23)C1. The first-order valence-corrected chi connectivity index (χ1v) is 9.96. The lowest BCUT2D eigenvalue weighted by molar-refractivity contribution is 0.0270. The zero-order chi connectivity index (χ0) is 20.1. The number of benzene rings is 1. The zero-order valence-corrected chi connectivity index (χ0v) is 16.6. The van der Waals surface area contributed by atoms with Crippen molar-refractivity contribution >= 4 is 27.7 Å². The molecule has 160 valence electrons. The Labute approximate surface area is 174 Å². The molecule has 1 atom stereocenters. The third kappa shape index (κ3) is 3.20. The Morgan fingerprint density at radius 3 is 2.83 bits per heavy atom. The predicted molar refractivity (Wildman–Crippen MR) is 115 cm³/mol. The summed E-state index contributed by atoms with van der Waals surface area (Å²) in [6.07, 6.45) is 2.47. The molecule has 2 fully saturated rings. The molecule has 8 nitrogen and oxygen atoms in total. The van der Waals surface area contributed by atoms with Crippen LogP contribution in [0.2, 0.25) is 0 Å². The molecule has 4 heterocycles. The minimum atomic E-state index is -0.165. The number of carbonyl (C=O) groups is 1. The highest BCUT2D eigenvalue weighted by Gasteiger charge is 2.32. The Kier molecular flexibility index (Phi) is 5.38. The van der Waals surface area contributed by atoms with Crippen molar-refractivity contribution in [1.29, 1.82) is 0 Å². The van der Waals surface area contributed by atoms with Crippen molar-refractivity contribution in [1.82, 2.24) is 19.7 Å². The van der Waals surface area contributed by atoms with Crippen molar-refractivity contribution < 1.29 is 14.3 Å². The number of methoxy groups -OCH3 is 1. The van der Waals surface area contributed by atoms with Gasteiger partial charge < -0.3 is 19.4 Å². The fourth-order valence-electron chi connectivity index (χ4n) is 4.46. The highest BCUT2D eigenvalue weighted by atomic mass is 16.5. The molecule has 2 aliphatic rings. The highest BCUT2D eigenvalue weighted by molar-refractivity contribution is 6.07. The molecule has 0 unspecified atom stereocenters. The maximum Gasteiger partial charge on any atom is 0.259 e. The van der Waals surface area contributed by atoms with Gasteiger partial charge in [0.2, 0.25) is 0 Å². The van der Waals surface area contributed by atoms with Gasteiger partial charge >= 0.3 is 0 Å². The van der Waals surface area contributed by atoms with E-state index >= 15 is 0 Å². The first kappa shape index (κ1) is 20.6. The number of nitrogens with zero attached hydrogens (tertiary/aromatic N) is 3. The lowest BCUT2D eigenvalue weighted by Crippen LogP contribution is -2.51. The number of nitrogens with one attached hydrogen (secondary N) is 1. The predicted octanol–water partition coefficient (Wildman–Crippen LogP) is 2.50. The van der Waals surface area contributed by atoms with E-state index in [1.165, 1.54) is 0 Å². The second-order valence-electron chi connectivity index (χ2n) is 8.07. The molecule has 0 spiro atoms. The molecule has 1 N–H and O–H groups in total. The van der Waals surface area contributed by atoms with Crippen molar-refractivity contribution in [2.24, 2.45) is 5.92 Å². The molecule has 0 aliphatic carbocycles. The van der Waals surface area contributed by atoms with Crippen LogP contribution in [-0.2, 0) is 9.47 Å². The topological polar surface area (TPSA) is 89.5 Å². The largest absolute Gasteiger partial charge is 0.384 e. The summed E-state index contributed by atoms with van der Waals surface area (Å²) in [4.78, 5) is 30.5. The number of aromatic amines is 1. The number of aromatic nitrogens is 3. The van der Waals surface area contributed by atoms with Gasteiger partial charge in [-0.2, -0.15) is 5.10 Å². The summed E-state index contributed by atoms with van der Waals surface area (Å²) >= 11 is 0. The average Bonchev–Trinajstić information content (AvgIpc) is 3.33. The number of amides is 1. The van der Waals surface area contributed by atoms with Crippen LogP contribution < -0.4 is 5.56 Å². The number of fused-ring (bicyclic) bond motifs is 3. The highest BCUT2D eigenvalue weighted by Crippen LogP contribution is 2.30. The summed E-state index contributed by atoms with van der Waals surface area (Å²) in [6.45, 7) is 5.27. The van der Waals surface area contributed by atoms with E-state index in [1.54, 1.807) is 13.3 Å². The third-order valence-electron chi connectivity index (χ3n) is 6.04. The quantitative estimate of drug-likeness (QED) is 0.711. The van der Waals surface area contributed by atoms with Crippen LogP contribution >= 0.6 is 0 Å². The van der Waals surface area contributed by atoms with Crippen molar-refractivity contribution in [3.8, 4) is 0 Å². The van der Waals surface area contributed by atoms with Crippen molar-refractivity contribution in [2.75, 3.05) is 40.0 Å². The van der Waals surface area contributed by atoms with Crippen molar-refractivity contribution in [3.05, 3.63) is 39.8 Å². The first-order chi connectivity index (χ1) is 14.1. The van der Waals surface area contributed by atoms with E-state index in [9.17, 15) is 9.59 Å². The second kappa shape index (κ2) is 7.85. The second-order valence-corrected chi connectivity index (χ2v) is 8.07. The van der Waals surface area contributed by atoms with Crippen LogP contribution in [0.3, 0.4) is 0 Å². The first-order valence-electron chi connectivity index (χ1n) is 9.96. The van der Waals surface area contributed by atoms with Gasteiger partial charge in [-0.25, -0.2) is 0 Å². The number of carbonyl (C=O) groups excluding carboxylic acids is 1. The Morgan fingerprint density at radius 2 is 2.13 bits per heavy atom. The van der Waals surface area contributed by atoms with E-state index < -0.39 is 0 Å². The molecular weight excluding hydrogens is 384 g/mol. The van der Waals surface area contributed by atoms with Crippen molar-refractivity contribution in [3.63, 3.8) is 0 Å². The molecule has 2 saturated heterocycles. The molecule has 0 saturated carbocycles. The summed E-state index contributed by atoms with van der Waals surface area (Å²) in [7, 11) is 1.68. The minimum Gasteiger partial charge on any atom is -0.384 e. The monoisotopic (exact) mass is 412 g/mol. The van der Waals surface area contributed by atoms with Crippen molar-refractivity contribution in [2.45, 2.75) is 26.8 Å². The molecular formula is C22H28N4O4. The van der Waals surface area contributed by atoms with Gasteiger partial charge in [-0.3, -0.25) is 14.3 Å². The Balaban J connectivity index is 0.00000218. The molecule has 1 aromatic carbocycles. The van der Waals surface area contributed by atoms with Crippen LogP contribution in [-0.4, -0.2) is 65.6 Å². The Morgan fingerprint density at radius 1 is 1.33 bits per heavy atom. The van der Waals surface area contributed by atoms with Gasteiger partial charge in [0, 0.05) is 43.7 Å². The summed E-state index contributed by atoms with van der Waals surface area (Å²) in [5.74, 6) is 0.419. The van der Waals surface area contributed by atoms with Crippen LogP contribution in [0.25, 0.3) is 21.8 Å². The lowest BCUT2D eigenvalue weighted by atomic mass is 9.97. The number of hydrogen-bond donors (Lipinski definition) is 1. The molecule has 1 amide bonds. The van der Waals surface area contributed by atoms with Gasteiger partial charge in [-0.15, -0.1) is 0 Å². The normalized spacial score (nSPS) is 19.3. The number of likely N-dealkylation sites (tertiary alicyclic amines) is 1. The Bertz CT molecular complexity index is 1150. The fourth-order valence-corrected chi connectivity index (χ4v) is 4.46. The van der Waals surface area contributed by atoms with E-state index in [1.807, 2.05) is 28.6 Å². The molecule has 5 rings (SSSR count). The number of pyridine rings is 1. The number of H-pyrrole nitrogens is 1. The van der Waals surface area contributed by atoms with E-state index in [4.69, 9.17) is 9.47 Å². The van der Waals surface area contributed by atoms with E-state index in [-0.39, 0.29) is 24.9 Å². The molecule has 3 aromatic rings. The van der Waals surface area contributed by atoms with Gasteiger partial charge in [0.05, 0.1) is 41.9 Å². The number of aryl methyl sites for hydroxylation is 1. The van der Waals surface area contributed by atoms with E-state index in [0.717, 1.165) is 28.4 Å². The molecule has 2 aliphatic heterocycles. The van der Waals surface area contributed by atoms with Gasteiger partial charge in [-0.1, -0.05) is 7.43 Å². The number of rotatable bonds is 4. The molecule has 0 bridgehead atoms. The summed E-state index contributed by atoms with van der Waals surface area (Å²) < 4.78 is 12.6. The van der Waals surface area contributed by atoms with Gasteiger partial charge in [0.25, 0.3) is 11.5 Å². The summed E-state index contributed by atoms with van der Waals surface area (Å²) in [6, 6.07) is 3.89. The average molecular weight is 412 g/mol. The van der Waals surface area contributed by atoms with Crippen LogP contribution in [0.4, 0.5) is 0 Å². The number of ether oxygens (including phenoxy) is 2. The maximum atomic E-state index is 13.1. The maximum absolute atomic E-state index is 13.1. The van der Waals surface area contributed by atoms with Crippen LogP contribution in [0.15, 0.2) is 23.1 Å². The van der Waals surface area contributed by atoms with E-state index in [0.29, 0.717) is 49.8 Å². The summed E-state index contributed by atoms with van der Waals surface area (Å²) in [5, 5.41) is 5.86.